The van der Waals surface area contributed by atoms with Gasteiger partial charge < -0.3 is 10.1 Å². The predicted octanol–water partition coefficient (Wildman–Crippen LogP) is 3.65. The van der Waals surface area contributed by atoms with Crippen molar-refractivity contribution in [3.8, 4) is 11.4 Å². The standard InChI is InChI=1S/C17H21N3O2S/c1-11(2)8-15-14-9-18-20(17(14)19-16(21)10-23-15)12-4-6-13(22-3)7-5-12/h4-7,9,11,15H,8,10H2,1-3H3,(H,19,21). The average Bonchev–Trinajstić information content (AvgIpc) is 2.88. The zero-order chi connectivity index (χ0) is 16.4. The van der Waals surface area contributed by atoms with Crippen LogP contribution in [0.15, 0.2) is 30.5 Å². The normalized spacial score (nSPS) is 17.6. The second-order valence-electron chi connectivity index (χ2n) is 6.04. The zero-order valence-corrected chi connectivity index (χ0v) is 14.4. The summed E-state index contributed by atoms with van der Waals surface area (Å²) in [5, 5.41) is 7.80. The molecule has 0 fully saturated rings. The average molecular weight is 331 g/mol. The van der Waals surface area contributed by atoms with Crippen LogP contribution in [0.5, 0.6) is 5.75 Å². The van der Waals surface area contributed by atoms with Gasteiger partial charge in [0.25, 0.3) is 0 Å². The molecule has 0 saturated heterocycles. The Morgan fingerprint density at radius 1 is 1.39 bits per heavy atom. The number of hydrogen-bond acceptors (Lipinski definition) is 4. The van der Waals surface area contributed by atoms with E-state index in [2.05, 4.69) is 24.3 Å². The van der Waals surface area contributed by atoms with Gasteiger partial charge in [-0.25, -0.2) is 4.68 Å². The van der Waals surface area contributed by atoms with Crippen LogP contribution in [0.4, 0.5) is 5.82 Å². The van der Waals surface area contributed by atoms with E-state index in [1.165, 1.54) is 0 Å². The molecule has 3 rings (SSSR count). The third-order valence-electron chi connectivity index (χ3n) is 3.82. The van der Waals surface area contributed by atoms with Crippen molar-refractivity contribution in [2.75, 3.05) is 18.2 Å². The van der Waals surface area contributed by atoms with Crippen LogP contribution in [0.1, 0.15) is 31.1 Å². The van der Waals surface area contributed by atoms with Crippen LogP contribution in [0.25, 0.3) is 5.69 Å². The minimum absolute atomic E-state index is 0.0257. The van der Waals surface area contributed by atoms with Gasteiger partial charge in [-0.15, -0.1) is 11.8 Å². The summed E-state index contributed by atoms with van der Waals surface area (Å²) in [6, 6.07) is 7.66. The van der Waals surface area contributed by atoms with Crippen LogP contribution in [0, 0.1) is 5.92 Å². The van der Waals surface area contributed by atoms with Crippen molar-refractivity contribution in [2.24, 2.45) is 5.92 Å². The maximum absolute atomic E-state index is 12.1. The Morgan fingerprint density at radius 2 is 2.13 bits per heavy atom. The lowest BCUT2D eigenvalue weighted by Gasteiger charge is -2.15. The van der Waals surface area contributed by atoms with Crippen LogP contribution >= 0.6 is 11.8 Å². The van der Waals surface area contributed by atoms with Crippen LogP contribution in [-0.4, -0.2) is 28.6 Å². The molecule has 0 saturated carbocycles. The number of methoxy groups -OCH3 is 1. The van der Waals surface area contributed by atoms with E-state index in [4.69, 9.17) is 4.74 Å². The lowest BCUT2D eigenvalue weighted by molar-refractivity contribution is -0.113. The molecule has 1 aliphatic rings. The fourth-order valence-electron chi connectivity index (χ4n) is 2.70. The molecule has 1 aromatic carbocycles. The summed E-state index contributed by atoms with van der Waals surface area (Å²) in [7, 11) is 1.64. The predicted molar refractivity (Wildman–Crippen MR) is 93.4 cm³/mol. The number of nitrogens with one attached hydrogen (secondary N) is 1. The van der Waals surface area contributed by atoms with Gasteiger partial charge in [-0.2, -0.15) is 5.10 Å². The molecule has 2 aromatic rings. The summed E-state index contributed by atoms with van der Waals surface area (Å²) in [6.45, 7) is 4.41. The van der Waals surface area contributed by atoms with Gasteiger partial charge in [0, 0.05) is 10.8 Å². The van der Waals surface area contributed by atoms with Gasteiger partial charge in [0.15, 0.2) is 0 Å². The number of nitrogens with zero attached hydrogens (tertiary/aromatic N) is 2. The van der Waals surface area contributed by atoms with Crippen molar-refractivity contribution in [3.05, 3.63) is 36.0 Å². The molecule has 1 aromatic heterocycles. The van der Waals surface area contributed by atoms with Crippen molar-refractivity contribution in [1.82, 2.24) is 9.78 Å². The summed E-state index contributed by atoms with van der Waals surface area (Å²) in [5.41, 5.74) is 2.01. The lowest BCUT2D eigenvalue weighted by Crippen LogP contribution is -2.15. The highest BCUT2D eigenvalue weighted by Gasteiger charge is 2.27. The molecule has 122 valence electrons. The van der Waals surface area contributed by atoms with Crippen LogP contribution in [-0.2, 0) is 4.79 Å². The van der Waals surface area contributed by atoms with Crippen molar-refractivity contribution >= 4 is 23.5 Å². The summed E-state index contributed by atoms with van der Waals surface area (Å²) in [6.07, 6.45) is 2.91. The number of amides is 1. The Hall–Kier alpha value is -1.95. The van der Waals surface area contributed by atoms with Crippen molar-refractivity contribution in [2.45, 2.75) is 25.5 Å². The first-order chi connectivity index (χ1) is 11.1. The molecule has 0 spiro atoms. The van der Waals surface area contributed by atoms with Crippen molar-refractivity contribution < 1.29 is 9.53 Å². The van der Waals surface area contributed by atoms with Crippen LogP contribution < -0.4 is 10.1 Å². The number of anilines is 1. The Bertz CT molecular complexity index is 694. The zero-order valence-electron chi connectivity index (χ0n) is 13.6. The number of ether oxygens (including phenoxy) is 1. The van der Waals surface area contributed by atoms with Gasteiger partial charge >= 0.3 is 0 Å². The Balaban J connectivity index is 2.00. The van der Waals surface area contributed by atoms with E-state index < -0.39 is 0 Å². The van der Waals surface area contributed by atoms with Crippen LogP contribution in [0.3, 0.4) is 0 Å². The minimum atomic E-state index is 0.0257. The number of fused-ring (bicyclic) bond motifs is 1. The fourth-order valence-corrected chi connectivity index (χ4v) is 4.00. The van der Waals surface area contributed by atoms with E-state index in [-0.39, 0.29) is 11.2 Å². The van der Waals surface area contributed by atoms with E-state index in [9.17, 15) is 4.79 Å². The van der Waals surface area contributed by atoms with Gasteiger partial charge in [0.2, 0.25) is 5.91 Å². The molecular formula is C17H21N3O2S. The second kappa shape index (κ2) is 6.66. The smallest absolute Gasteiger partial charge is 0.235 e. The van der Waals surface area contributed by atoms with Gasteiger partial charge in [-0.3, -0.25) is 4.79 Å². The molecule has 6 heteroatoms. The molecule has 1 amide bonds. The quantitative estimate of drug-likeness (QED) is 0.929. The summed E-state index contributed by atoms with van der Waals surface area (Å²) >= 11 is 1.69. The maximum Gasteiger partial charge on any atom is 0.235 e. The molecule has 0 aliphatic carbocycles. The molecule has 0 bridgehead atoms. The number of carbonyl (C=O) groups excluding carboxylic acids is 1. The van der Waals surface area contributed by atoms with Gasteiger partial charge in [0.05, 0.1) is 24.7 Å². The van der Waals surface area contributed by atoms with E-state index in [1.807, 2.05) is 30.5 Å². The lowest BCUT2D eigenvalue weighted by atomic mass is 10.0. The SMILES string of the molecule is COc1ccc(-n2ncc3c2NC(=O)CSC3CC(C)C)cc1. The number of rotatable bonds is 4. The second-order valence-corrected chi connectivity index (χ2v) is 7.23. The highest BCUT2D eigenvalue weighted by atomic mass is 32.2. The number of aromatic nitrogens is 2. The van der Waals surface area contributed by atoms with Gasteiger partial charge in [-0.05, 0) is 36.6 Å². The number of thioether (sulfide) groups is 1. The Morgan fingerprint density at radius 3 is 2.78 bits per heavy atom. The minimum Gasteiger partial charge on any atom is -0.497 e. The number of benzene rings is 1. The van der Waals surface area contributed by atoms with Crippen molar-refractivity contribution in [3.63, 3.8) is 0 Å². The first-order valence-electron chi connectivity index (χ1n) is 7.72. The molecule has 5 nitrogen and oxygen atoms in total. The summed E-state index contributed by atoms with van der Waals surface area (Å²) < 4.78 is 6.99. The van der Waals surface area contributed by atoms with Gasteiger partial charge in [-0.1, -0.05) is 13.8 Å². The van der Waals surface area contributed by atoms with Gasteiger partial charge in [0.1, 0.15) is 11.6 Å². The van der Waals surface area contributed by atoms with E-state index in [1.54, 1.807) is 23.6 Å². The third kappa shape index (κ3) is 3.37. The van der Waals surface area contributed by atoms with E-state index in [0.29, 0.717) is 11.7 Å². The molecule has 1 N–H and O–H groups in total. The van der Waals surface area contributed by atoms with E-state index in [0.717, 1.165) is 29.2 Å². The Kier molecular flexibility index (Phi) is 4.61. The fraction of sp³-hybridized carbons (Fsp3) is 0.412. The highest BCUT2D eigenvalue weighted by molar-refractivity contribution is 8.00. The third-order valence-corrected chi connectivity index (χ3v) is 5.10. The molecule has 1 aliphatic heterocycles. The number of carbonyl (C=O) groups is 1. The highest BCUT2D eigenvalue weighted by Crippen LogP contribution is 2.41. The largest absolute Gasteiger partial charge is 0.497 e. The van der Waals surface area contributed by atoms with E-state index >= 15 is 0 Å². The molecule has 2 heterocycles. The Labute approximate surface area is 140 Å². The monoisotopic (exact) mass is 331 g/mol. The first-order valence-corrected chi connectivity index (χ1v) is 8.77. The molecule has 23 heavy (non-hydrogen) atoms. The summed E-state index contributed by atoms with van der Waals surface area (Å²) in [4.78, 5) is 12.1. The topological polar surface area (TPSA) is 56.1 Å². The molecule has 1 unspecified atom stereocenters. The summed E-state index contributed by atoms with van der Waals surface area (Å²) in [5.74, 6) is 2.66. The number of hydrogen-bond donors (Lipinski definition) is 1. The molecular weight excluding hydrogens is 310 g/mol. The molecule has 0 radical (unpaired) electrons. The van der Waals surface area contributed by atoms with Crippen LogP contribution in [0.2, 0.25) is 0 Å². The maximum atomic E-state index is 12.1. The first kappa shape index (κ1) is 15.9. The molecule has 1 atom stereocenters. The van der Waals surface area contributed by atoms with Crippen molar-refractivity contribution in [1.29, 1.82) is 0 Å².